The number of carbonyl (C=O) groups excluding carboxylic acids is 1. The van der Waals surface area contributed by atoms with Crippen molar-refractivity contribution in [2.24, 2.45) is 0 Å². The summed E-state index contributed by atoms with van der Waals surface area (Å²) in [5.74, 6) is 0.599. The van der Waals surface area contributed by atoms with Crippen molar-refractivity contribution >= 4 is 38.4 Å². The van der Waals surface area contributed by atoms with Crippen molar-refractivity contribution in [1.29, 1.82) is 0 Å². The molecule has 28 heavy (non-hydrogen) atoms. The molecule has 2 aromatic carbocycles. The molecule has 1 fully saturated rings. The molecule has 1 aliphatic heterocycles. The van der Waals surface area contributed by atoms with Crippen LogP contribution in [0.4, 0.5) is 0 Å². The second kappa shape index (κ2) is 6.74. The maximum absolute atomic E-state index is 13.0. The predicted molar refractivity (Wildman–Crippen MR) is 115 cm³/mol. The normalized spacial score (nSPS) is 15.6. The summed E-state index contributed by atoms with van der Waals surface area (Å²) in [5.41, 5.74) is 5.36. The second-order valence-corrected chi connectivity index (χ2v) is 8.78. The van der Waals surface area contributed by atoms with Gasteiger partial charge in [0.25, 0.3) is 5.91 Å². The van der Waals surface area contributed by atoms with E-state index in [0.29, 0.717) is 5.92 Å². The van der Waals surface area contributed by atoms with Crippen molar-refractivity contribution in [3.63, 3.8) is 0 Å². The number of aryl methyl sites for hydroxylation is 2. The first-order valence-corrected chi connectivity index (χ1v) is 10.7. The molecular formula is C23H23N3OS. The molecular weight excluding hydrogens is 366 g/mol. The SMILES string of the molecule is Cc1[nH]c2ccc(C(=O)N3CCC(c4nc5ccccc5s4)CC3)cc2c1C. The van der Waals surface area contributed by atoms with E-state index >= 15 is 0 Å². The fourth-order valence-corrected chi connectivity index (χ4v) is 5.31. The minimum atomic E-state index is 0.142. The minimum absolute atomic E-state index is 0.142. The zero-order chi connectivity index (χ0) is 19.3. The van der Waals surface area contributed by atoms with E-state index in [2.05, 4.69) is 37.0 Å². The van der Waals surface area contributed by atoms with Gasteiger partial charge in [0.2, 0.25) is 0 Å². The number of H-pyrrole nitrogens is 1. The summed E-state index contributed by atoms with van der Waals surface area (Å²) in [5, 5.41) is 2.36. The summed E-state index contributed by atoms with van der Waals surface area (Å²) < 4.78 is 1.25. The highest BCUT2D eigenvalue weighted by Crippen LogP contribution is 2.34. The molecule has 5 rings (SSSR count). The maximum atomic E-state index is 13.0. The van der Waals surface area contributed by atoms with E-state index in [1.54, 1.807) is 11.3 Å². The number of thiazole rings is 1. The third-order valence-electron chi connectivity index (χ3n) is 6.00. The lowest BCUT2D eigenvalue weighted by molar-refractivity contribution is 0.0713. The number of benzene rings is 2. The van der Waals surface area contributed by atoms with Crippen LogP contribution in [-0.4, -0.2) is 33.9 Å². The highest BCUT2D eigenvalue weighted by molar-refractivity contribution is 7.18. The number of amides is 1. The Kier molecular flexibility index (Phi) is 4.20. The van der Waals surface area contributed by atoms with E-state index < -0.39 is 0 Å². The van der Waals surface area contributed by atoms with Gasteiger partial charge in [-0.1, -0.05) is 12.1 Å². The van der Waals surface area contributed by atoms with Gasteiger partial charge in [-0.05, 0) is 62.6 Å². The van der Waals surface area contributed by atoms with E-state index in [1.165, 1.54) is 15.3 Å². The number of fused-ring (bicyclic) bond motifs is 2. The van der Waals surface area contributed by atoms with E-state index in [1.807, 2.05) is 29.2 Å². The van der Waals surface area contributed by atoms with Crippen LogP contribution >= 0.6 is 11.3 Å². The van der Waals surface area contributed by atoms with Gasteiger partial charge in [0, 0.05) is 41.2 Å². The van der Waals surface area contributed by atoms with Gasteiger partial charge in [0.1, 0.15) is 0 Å². The summed E-state index contributed by atoms with van der Waals surface area (Å²) in [6, 6.07) is 14.3. The van der Waals surface area contributed by atoms with Gasteiger partial charge in [0.15, 0.2) is 0 Å². The molecule has 0 atom stereocenters. The molecule has 1 aliphatic rings. The summed E-state index contributed by atoms with van der Waals surface area (Å²) in [4.78, 5) is 23.2. The largest absolute Gasteiger partial charge is 0.358 e. The van der Waals surface area contributed by atoms with Crippen LogP contribution in [0, 0.1) is 13.8 Å². The lowest BCUT2D eigenvalue weighted by Crippen LogP contribution is -2.37. The zero-order valence-electron chi connectivity index (χ0n) is 16.2. The van der Waals surface area contributed by atoms with Crippen LogP contribution in [0.3, 0.4) is 0 Å². The molecule has 2 aromatic heterocycles. The third kappa shape index (κ3) is 2.90. The quantitative estimate of drug-likeness (QED) is 0.498. The standard InChI is InChI=1S/C23H23N3OS/c1-14-15(2)24-19-8-7-17(13-18(14)19)23(27)26-11-9-16(10-12-26)22-25-20-5-3-4-6-21(20)28-22/h3-8,13,16,24H,9-12H2,1-2H3. The van der Waals surface area contributed by atoms with Crippen LogP contribution < -0.4 is 0 Å². The number of carbonyl (C=O) groups is 1. The van der Waals surface area contributed by atoms with Crippen LogP contribution in [0.25, 0.3) is 21.1 Å². The number of likely N-dealkylation sites (tertiary alicyclic amines) is 1. The first kappa shape index (κ1) is 17.4. The lowest BCUT2D eigenvalue weighted by Gasteiger charge is -2.31. The van der Waals surface area contributed by atoms with Crippen molar-refractivity contribution in [2.75, 3.05) is 13.1 Å². The summed E-state index contributed by atoms with van der Waals surface area (Å²) in [7, 11) is 0. The molecule has 0 radical (unpaired) electrons. The van der Waals surface area contributed by atoms with Gasteiger partial charge in [-0.2, -0.15) is 0 Å². The fourth-order valence-electron chi connectivity index (χ4n) is 4.17. The van der Waals surface area contributed by atoms with Gasteiger partial charge in [-0.15, -0.1) is 11.3 Å². The van der Waals surface area contributed by atoms with Crippen molar-refractivity contribution in [3.05, 3.63) is 64.3 Å². The molecule has 0 spiro atoms. The molecule has 0 unspecified atom stereocenters. The molecule has 5 heteroatoms. The Morgan fingerprint density at radius 3 is 2.71 bits per heavy atom. The van der Waals surface area contributed by atoms with Crippen molar-refractivity contribution < 1.29 is 4.79 Å². The monoisotopic (exact) mass is 389 g/mol. The van der Waals surface area contributed by atoms with E-state index in [0.717, 1.165) is 53.6 Å². The van der Waals surface area contributed by atoms with Gasteiger partial charge < -0.3 is 9.88 Å². The summed E-state index contributed by atoms with van der Waals surface area (Å²) in [6.07, 6.45) is 1.96. The Morgan fingerprint density at radius 1 is 1.14 bits per heavy atom. The maximum Gasteiger partial charge on any atom is 0.253 e. The number of nitrogens with zero attached hydrogens (tertiary/aromatic N) is 2. The van der Waals surface area contributed by atoms with E-state index in [4.69, 9.17) is 4.98 Å². The lowest BCUT2D eigenvalue weighted by atomic mass is 9.97. The zero-order valence-corrected chi connectivity index (χ0v) is 17.0. The van der Waals surface area contributed by atoms with Crippen molar-refractivity contribution in [2.45, 2.75) is 32.6 Å². The first-order chi connectivity index (χ1) is 13.6. The van der Waals surface area contributed by atoms with Crippen LogP contribution in [0.1, 0.15) is 45.4 Å². The van der Waals surface area contributed by atoms with Crippen molar-refractivity contribution in [3.8, 4) is 0 Å². The second-order valence-electron chi connectivity index (χ2n) is 7.72. The van der Waals surface area contributed by atoms with Crippen LogP contribution in [-0.2, 0) is 0 Å². The summed E-state index contributed by atoms with van der Waals surface area (Å²) >= 11 is 1.80. The number of para-hydroxylation sites is 1. The average Bonchev–Trinajstić information content (AvgIpc) is 3.28. The molecule has 1 saturated heterocycles. The Labute approximate surface area is 168 Å². The molecule has 142 valence electrons. The number of hydrogen-bond donors (Lipinski definition) is 1. The van der Waals surface area contributed by atoms with Gasteiger partial charge >= 0.3 is 0 Å². The Bertz CT molecular complexity index is 1150. The Balaban J connectivity index is 1.32. The fraction of sp³-hybridized carbons (Fsp3) is 0.304. The molecule has 1 N–H and O–H groups in total. The van der Waals surface area contributed by atoms with E-state index in [9.17, 15) is 4.79 Å². The number of piperidine rings is 1. The third-order valence-corrected chi connectivity index (χ3v) is 7.20. The van der Waals surface area contributed by atoms with Crippen LogP contribution in [0.15, 0.2) is 42.5 Å². The Morgan fingerprint density at radius 2 is 1.93 bits per heavy atom. The topological polar surface area (TPSA) is 49.0 Å². The molecule has 4 nitrogen and oxygen atoms in total. The number of aromatic nitrogens is 2. The molecule has 1 amide bonds. The summed E-state index contributed by atoms with van der Waals surface area (Å²) in [6.45, 7) is 5.76. The average molecular weight is 390 g/mol. The van der Waals surface area contributed by atoms with Gasteiger partial charge in [-0.25, -0.2) is 4.98 Å². The smallest absolute Gasteiger partial charge is 0.253 e. The molecule has 4 aromatic rings. The molecule has 0 aliphatic carbocycles. The molecule has 3 heterocycles. The Hall–Kier alpha value is -2.66. The van der Waals surface area contributed by atoms with Crippen LogP contribution in [0.2, 0.25) is 0 Å². The highest BCUT2D eigenvalue weighted by atomic mass is 32.1. The minimum Gasteiger partial charge on any atom is -0.358 e. The van der Waals surface area contributed by atoms with Gasteiger partial charge in [0.05, 0.1) is 15.2 Å². The number of rotatable bonds is 2. The van der Waals surface area contributed by atoms with E-state index in [-0.39, 0.29) is 5.91 Å². The predicted octanol–water partition coefficient (Wildman–Crippen LogP) is 5.41. The molecule has 0 saturated carbocycles. The number of aromatic amines is 1. The first-order valence-electron chi connectivity index (χ1n) is 9.84. The number of nitrogens with one attached hydrogen (secondary N) is 1. The number of hydrogen-bond acceptors (Lipinski definition) is 3. The van der Waals surface area contributed by atoms with Gasteiger partial charge in [-0.3, -0.25) is 4.79 Å². The van der Waals surface area contributed by atoms with Crippen LogP contribution in [0.5, 0.6) is 0 Å². The highest BCUT2D eigenvalue weighted by Gasteiger charge is 2.26. The van der Waals surface area contributed by atoms with Crippen molar-refractivity contribution in [1.82, 2.24) is 14.9 Å². The molecule has 0 bridgehead atoms.